The molecule has 1 aliphatic rings. The van der Waals surface area contributed by atoms with Gasteiger partial charge in [0.1, 0.15) is 5.82 Å². The SMILES string of the molecule is Cc1nc(N2CC(CN=[N+]=[N-])CC2=O)ccc1Br. The molecule has 1 atom stereocenters. The number of amides is 1. The molecule has 0 aromatic carbocycles. The van der Waals surface area contributed by atoms with Crippen LogP contribution in [0.4, 0.5) is 5.82 Å². The quantitative estimate of drug-likeness (QED) is 0.488. The first kappa shape index (κ1) is 12.9. The molecule has 0 N–H and O–H groups in total. The maximum Gasteiger partial charge on any atom is 0.228 e. The predicted octanol–water partition coefficient (Wildman–Crippen LogP) is 2.82. The minimum absolute atomic E-state index is 0.0300. The van der Waals surface area contributed by atoms with Gasteiger partial charge in [0.25, 0.3) is 0 Å². The molecule has 1 aromatic heterocycles. The lowest BCUT2D eigenvalue weighted by atomic mass is 10.1. The number of hydrogen-bond donors (Lipinski definition) is 0. The average molecular weight is 310 g/mol. The number of halogens is 1. The molecular weight excluding hydrogens is 298 g/mol. The van der Waals surface area contributed by atoms with Crippen molar-refractivity contribution in [1.82, 2.24) is 4.98 Å². The molecule has 1 saturated heterocycles. The summed E-state index contributed by atoms with van der Waals surface area (Å²) in [5.41, 5.74) is 9.13. The highest BCUT2D eigenvalue weighted by molar-refractivity contribution is 9.10. The number of carbonyl (C=O) groups excluding carboxylic acids is 1. The minimum atomic E-state index is 0.0300. The van der Waals surface area contributed by atoms with Gasteiger partial charge in [-0.15, -0.1) is 0 Å². The first-order valence-electron chi connectivity index (χ1n) is 5.56. The molecule has 0 aliphatic carbocycles. The van der Waals surface area contributed by atoms with E-state index < -0.39 is 0 Å². The van der Waals surface area contributed by atoms with Gasteiger partial charge in [0.2, 0.25) is 5.91 Å². The summed E-state index contributed by atoms with van der Waals surface area (Å²) in [6, 6.07) is 3.69. The van der Waals surface area contributed by atoms with E-state index in [1.54, 1.807) is 4.90 Å². The lowest BCUT2D eigenvalue weighted by molar-refractivity contribution is -0.117. The van der Waals surface area contributed by atoms with Crippen LogP contribution in [-0.2, 0) is 4.79 Å². The van der Waals surface area contributed by atoms with Gasteiger partial charge in [-0.2, -0.15) is 0 Å². The summed E-state index contributed by atoms with van der Waals surface area (Å²) in [5, 5.41) is 3.52. The van der Waals surface area contributed by atoms with Crippen molar-refractivity contribution in [3.63, 3.8) is 0 Å². The fourth-order valence-electron chi connectivity index (χ4n) is 1.96. The molecule has 2 heterocycles. The molecule has 1 aromatic rings. The van der Waals surface area contributed by atoms with E-state index in [-0.39, 0.29) is 11.8 Å². The van der Waals surface area contributed by atoms with Gasteiger partial charge in [0.15, 0.2) is 0 Å². The molecule has 1 amide bonds. The van der Waals surface area contributed by atoms with Crippen molar-refractivity contribution in [1.29, 1.82) is 0 Å². The van der Waals surface area contributed by atoms with Crippen molar-refractivity contribution in [2.45, 2.75) is 13.3 Å². The number of hydrogen-bond acceptors (Lipinski definition) is 3. The van der Waals surface area contributed by atoms with E-state index in [4.69, 9.17) is 5.53 Å². The predicted molar refractivity (Wildman–Crippen MR) is 71.1 cm³/mol. The highest BCUT2D eigenvalue weighted by Crippen LogP contribution is 2.26. The minimum Gasteiger partial charge on any atom is -0.297 e. The van der Waals surface area contributed by atoms with E-state index in [1.807, 2.05) is 19.1 Å². The van der Waals surface area contributed by atoms with Crippen LogP contribution in [0, 0.1) is 12.8 Å². The molecule has 1 fully saturated rings. The molecule has 18 heavy (non-hydrogen) atoms. The Hall–Kier alpha value is -1.59. The highest BCUT2D eigenvalue weighted by atomic mass is 79.9. The fourth-order valence-corrected chi connectivity index (χ4v) is 2.18. The standard InChI is InChI=1S/C11H12BrN5O/c1-7-9(12)2-3-10(15-7)17-6-8(4-11(17)18)5-14-16-13/h2-3,8H,4-6H2,1H3. The number of anilines is 1. The number of aromatic nitrogens is 1. The molecule has 1 aliphatic heterocycles. The largest absolute Gasteiger partial charge is 0.297 e. The summed E-state index contributed by atoms with van der Waals surface area (Å²) in [6.07, 6.45) is 0.413. The van der Waals surface area contributed by atoms with Crippen LogP contribution in [0.2, 0.25) is 0 Å². The van der Waals surface area contributed by atoms with E-state index in [0.29, 0.717) is 25.3 Å². The third-order valence-corrected chi connectivity index (χ3v) is 3.73. The highest BCUT2D eigenvalue weighted by Gasteiger charge is 2.30. The lowest BCUT2D eigenvalue weighted by Gasteiger charge is -2.16. The van der Waals surface area contributed by atoms with E-state index in [9.17, 15) is 4.79 Å². The van der Waals surface area contributed by atoms with Crippen LogP contribution in [-0.4, -0.2) is 24.0 Å². The van der Waals surface area contributed by atoms with Gasteiger partial charge in [-0.05, 0) is 46.4 Å². The van der Waals surface area contributed by atoms with Gasteiger partial charge in [-0.1, -0.05) is 5.11 Å². The van der Waals surface area contributed by atoms with E-state index in [1.165, 1.54) is 0 Å². The third kappa shape index (κ3) is 2.63. The molecule has 2 rings (SSSR count). The molecule has 94 valence electrons. The fraction of sp³-hybridized carbons (Fsp3) is 0.455. The van der Waals surface area contributed by atoms with E-state index >= 15 is 0 Å². The Labute approximate surface area is 113 Å². The Bertz CT molecular complexity index is 526. The Morgan fingerprint density at radius 1 is 1.67 bits per heavy atom. The van der Waals surface area contributed by atoms with Crippen LogP contribution in [0.5, 0.6) is 0 Å². The molecule has 6 nitrogen and oxygen atoms in total. The van der Waals surface area contributed by atoms with E-state index in [0.717, 1.165) is 10.2 Å². The number of aryl methyl sites for hydroxylation is 1. The molecular formula is C11H12BrN5O. The Morgan fingerprint density at radius 2 is 2.44 bits per heavy atom. The monoisotopic (exact) mass is 309 g/mol. The van der Waals surface area contributed by atoms with Crippen molar-refractivity contribution in [2.75, 3.05) is 18.0 Å². The van der Waals surface area contributed by atoms with Gasteiger partial charge in [0, 0.05) is 28.9 Å². The third-order valence-electron chi connectivity index (χ3n) is 2.89. The van der Waals surface area contributed by atoms with Crippen molar-refractivity contribution < 1.29 is 4.79 Å². The van der Waals surface area contributed by atoms with Gasteiger partial charge >= 0.3 is 0 Å². The number of rotatable bonds is 3. The zero-order valence-electron chi connectivity index (χ0n) is 9.88. The Morgan fingerprint density at radius 3 is 3.11 bits per heavy atom. The second-order valence-electron chi connectivity index (χ2n) is 4.22. The number of nitrogens with zero attached hydrogens (tertiary/aromatic N) is 5. The summed E-state index contributed by atoms with van der Waals surface area (Å²) in [4.78, 5) is 20.6. The van der Waals surface area contributed by atoms with E-state index in [2.05, 4.69) is 30.9 Å². The Kier molecular flexibility index (Phi) is 3.84. The lowest BCUT2D eigenvalue weighted by Crippen LogP contribution is -2.25. The van der Waals surface area contributed by atoms with Crippen molar-refractivity contribution in [3.8, 4) is 0 Å². The molecule has 7 heteroatoms. The maximum absolute atomic E-state index is 11.9. The normalized spacial score (nSPS) is 18.9. The van der Waals surface area contributed by atoms with Crippen LogP contribution in [0.15, 0.2) is 21.7 Å². The number of azide groups is 1. The van der Waals surface area contributed by atoms with Crippen LogP contribution in [0.1, 0.15) is 12.1 Å². The summed E-state index contributed by atoms with van der Waals surface area (Å²) in [6.45, 7) is 2.80. The first-order chi connectivity index (χ1) is 8.61. The zero-order valence-corrected chi connectivity index (χ0v) is 11.5. The summed E-state index contributed by atoms with van der Waals surface area (Å²) in [7, 11) is 0. The molecule has 0 radical (unpaired) electrons. The summed E-state index contributed by atoms with van der Waals surface area (Å²) in [5.74, 6) is 0.769. The average Bonchev–Trinajstić information content (AvgIpc) is 2.71. The molecule has 1 unspecified atom stereocenters. The molecule has 0 spiro atoms. The second-order valence-corrected chi connectivity index (χ2v) is 5.08. The van der Waals surface area contributed by atoms with Crippen LogP contribution in [0.25, 0.3) is 10.4 Å². The van der Waals surface area contributed by atoms with Gasteiger partial charge in [-0.25, -0.2) is 4.98 Å². The molecule has 0 saturated carbocycles. The number of pyridine rings is 1. The van der Waals surface area contributed by atoms with Crippen molar-refractivity contribution >= 4 is 27.7 Å². The van der Waals surface area contributed by atoms with Crippen LogP contribution >= 0.6 is 15.9 Å². The molecule has 0 bridgehead atoms. The van der Waals surface area contributed by atoms with Crippen molar-refractivity contribution in [2.24, 2.45) is 11.0 Å². The van der Waals surface area contributed by atoms with Crippen LogP contribution in [0.3, 0.4) is 0 Å². The van der Waals surface area contributed by atoms with Crippen LogP contribution < -0.4 is 4.90 Å². The second kappa shape index (κ2) is 5.37. The number of carbonyl (C=O) groups is 1. The first-order valence-corrected chi connectivity index (χ1v) is 6.35. The summed E-state index contributed by atoms with van der Waals surface area (Å²) >= 11 is 3.38. The van der Waals surface area contributed by atoms with Gasteiger partial charge in [-0.3, -0.25) is 9.69 Å². The van der Waals surface area contributed by atoms with Gasteiger partial charge in [0.05, 0.1) is 5.69 Å². The topological polar surface area (TPSA) is 82.0 Å². The smallest absolute Gasteiger partial charge is 0.228 e. The maximum atomic E-state index is 11.9. The zero-order chi connectivity index (χ0) is 13.1. The Balaban J connectivity index is 2.16. The van der Waals surface area contributed by atoms with Gasteiger partial charge < -0.3 is 0 Å². The van der Waals surface area contributed by atoms with Crippen molar-refractivity contribution in [3.05, 3.63) is 32.7 Å². The summed E-state index contributed by atoms with van der Waals surface area (Å²) < 4.78 is 0.920.